The molecule has 0 aliphatic carbocycles. The molecule has 3 aromatic rings. The topological polar surface area (TPSA) is 80.0 Å². The molecule has 190 valence electrons. The van der Waals surface area contributed by atoms with E-state index in [2.05, 4.69) is 10.3 Å². The van der Waals surface area contributed by atoms with Crippen LogP contribution in [0.2, 0.25) is 5.02 Å². The Balaban J connectivity index is 1.59. The molecule has 36 heavy (non-hydrogen) atoms. The number of aromatic nitrogens is 2. The van der Waals surface area contributed by atoms with Crippen molar-refractivity contribution in [3.05, 3.63) is 104 Å². The van der Waals surface area contributed by atoms with Crippen molar-refractivity contribution in [1.29, 1.82) is 5.41 Å². The molecule has 0 spiro atoms. The summed E-state index contributed by atoms with van der Waals surface area (Å²) >= 11 is 5.67. The summed E-state index contributed by atoms with van der Waals surface area (Å²) in [6.45, 7) is 0.0392. The third kappa shape index (κ3) is 7.17. The molecular weight excluding hydrogens is 500 g/mol. The van der Waals surface area contributed by atoms with Crippen LogP contribution in [0.4, 0.5) is 17.6 Å². The zero-order chi connectivity index (χ0) is 26.3. The molecule has 0 fully saturated rings. The number of alkyl halides is 3. The Hall–Kier alpha value is -3.66. The van der Waals surface area contributed by atoms with Crippen LogP contribution < -0.4 is 15.7 Å². The van der Waals surface area contributed by atoms with E-state index in [0.717, 1.165) is 34.2 Å². The second-order valence-electron chi connectivity index (χ2n) is 7.86. The Morgan fingerprint density at radius 2 is 1.83 bits per heavy atom. The molecule has 2 aromatic carbocycles. The monoisotopic (exact) mass is 522 g/mol. The van der Waals surface area contributed by atoms with Gasteiger partial charge >= 0.3 is 11.9 Å². The molecule has 6 nitrogen and oxygen atoms in total. The molecule has 2 N–H and O–H groups in total. The van der Waals surface area contributed by atoms with Gasteiger partial charge in [-0.2, -0.15) is 22.5 Å². The second kappa shape index (κ2) is 11.9. The van der Waals surface area contributed by atoms with Crippen LogP contribution in [-0.2, 0) is 25.6 Å². The Morgan fingerprint density at radius 1 is 1.17 bits per heavy atom. The first kappa shape index (κ1) is 26.9. The number of allylic oxidation sites excluding steroid dienone is 1. The van der Waals surface area contributed by atoms with Gasteiger partial charge in [0.15, 0.2) is 0 Å². The molecule has 0 unspecified atom stereocenters. The molecular formula is C25H23ClF4N4O2. The summed E-state index contributed by atoms with van der Waals surface area (Å²) in [5, 5.41) is 9.72. The van der Waals surface area contributed by atoms with Crippen molar-refractivity contribution in [2.24, 2.45) is 0 Å². The maximum absolute atomic E-state index is 14.4. The lowest BCUT2D eigenvalue weighted by atomic mass is 10.0. The van der Waals surface area contributed by atoms with Crippen molar-refractivity contribution >= 4 is 17.8 Å². The minimum atomic E-state index is -4.52. The zero-order valence-corrected chi connectivity index (χ0v) is 20.0. The molecule has 3 rings (SSSR count). The van der Waals surface area contributed by atoms with Gasteiger partial charge in [-0.25, -0.2) is 4.79 Å². The third-order valence-electron chi connectivity index (χ3n) is 5.18. The highest BCUT2D eigenvalue weighted by Gasteiger charge is 2.33. The van der Waals surface area contributed by atoms with E-state index < -0.39 is 29.1 Å². The standard InChI is InChI=1S/C25H23ClF4N4O2/c1-32-13-19(12-31)14-34-15-22(27)23(33-24(34)35)36-9-8-16-2-4-17(5-3-16)10-18-6-7-21(26)20(11-18)25(28,29)30/h2-7,11-13,15,31-32H,8-10,14H2,1H3/b19-13+,31-12?. The average molecular weight is 523 g/mol. The Labute approximate surface area is 209 Å². The number of nitrogens with zero attached hydrogens (tertiary/aromatic N) is 2. The van der Waals surface area contributed by atoms with Crippen molar-refractivity contribution in [2.45, 2.75) is 25.6 Å². The number of benzene rings is 2. The van der Waals surface area contributed by atoms with Gasteiger partial charge in [-0.05, 0) is 35.2 Å². The van der Waals surface area contributed by atoms with Gasteiger partial charge in [0.1, 0.15) is 0 Å². The summed E-state index contributed by atoms with van der Waals surface area (Å²) in [5.41, 5.74) is 1.02. The molecule has 0 radical (unpaired) electrons. The predicted molar refractivity (Wildman–Crippen MR) is 129 cm³/mol. The first-order valence-electron chi connectivity index (χ1n) is 10.8. The van der Waals surface area contributed by atoms with Gasteiger partial charge in [0.2, 0.25) is 5.82 Å². The number of halogens is 5. The molecule has 0 saturated heterocycles. The summed E-state index contributed by atoms with van der Waals surface area (Å²) in [7, 11) is 1.64. The lowest BCUT2D eigenvalue weighted by molar-refractivity contribution is -0.137. The lowest BCUT2D eigenvalue weighted by Crippen LogP contribution is -2.25. The van der Waals surface area contributed by atoms with Gasteiger partial charge in [0.25, 0.3) is 5.88 Å². The second-order valence-corrected chi connectivity index (χ2v) is 8.27. The fourth-order valence-electron chi connectivity index (χ4n) is 3.41. The lowest BCUT2D eigenvalue weighted by Gasteiger charge is -2.11. The van der Waals surface area contributed by atoms with E-state index in [-0.39, 0.29) is 18.2 Å². The summed E-state index contributed by atoms with van der Waals surface area (Å²) in [6.07, 6.45) is -0.288. The minimum Gasteiger partial charge on any atom is -0.475 e. The number of nitrogens with one attached hydrogen (secondary N) is 2. The van der Waals surface area contributed by atoms with Crippen molar-refractivity contribution in [1.82, 2.24) is 14.9 Å². The molecule has 0 atom stereocenters. The molecule has 0 bridgehead atoms. The Bertz CT molecular complexity index is 1300. The van der Waals surface area contributed by atoms with Crippen LogP contribution in [0.3, 0.4) is 0 Å². The van der Waals surface area contributed by atoms with Gasteiger partial charge in [0.05, 0.1) is 29.9 Å². The van der Waals surface area contributed by atoms with Crippen molar-refractivity contribution in [3.8, 4) is 5.88 Å². The van der Waals surface area contributed by atoms with E-state index in [1.54, 1.807) is 37.4 Å². The van der Waals surface area contributed by atoms with Gasteiger partial charge in [-0.15, -0.1) is 0 Å². The summed E-state index contributed by atoms with van der Waals surface area (Å²) < 4.78 is 59.9. The van der Waals surface area contributed by atoms with E-state index in [4.69, 9.17) is 21.7 Å². The number of rotatable bonds is 10. The van der Waals surface area contributed by atoms with E-state index in [9.17, 15) is 22.4 Å². The molecule has 0 aliphatic heterocycles. The first-order chi connectivity index (χ1) is 17.1. The molecule has 1 heterocycles. The van der Waals surface area contributed by atoms with Crippen molar-refractivity contribution in [2.75, 3.05) is 13.7 Å². The van der Waals surface area contributed by atoms with Gasteiger partial charge in [0, 0.05) is 31.5 Å². The molecule has 0 saturated carbocycles. The van der Waals surface area contributed by atoms with Crippen molar-refractivity contribution < 1.29 is 22.3 Å². The van der Waals surface area contributed by atoms with Crippen LogP contribution in [0.5, 0.6) is 5.88 Å². The third-order valence-corrected chi connectivity index (χ3v) is 5.51. The molecule has 0 amide bonds. The fourth-order valence-corrected chi connectivity index (χ4v) is 3.63. The van der Waals surface area contributed by atoms with Crippen LogP contribution >= 0.6 is 11.6 Å². The summed E-state index contributed by atoms with van der Waals surface area (Å²) in [5.74, 6) is -1.22. The zero-order valence-electron chi connectivity index (χ0n) is 19.2. The van der Waals surface area contributed by atoms with E-state index in [1.807, 2.05) is 0 Å². The van der Waals surface area contributed by atoms with Crippen LogP contribution in [0.25, 0.3) is 0 Å². The van der Waals surface area contributed by atoms with E-state index >= 15 is 0 Å². The average Bonchev–Trinajstić information content (AvgIpc) is 2.83. The quantitative estimate of drug-likeness (QED) is 0.289. The number of hydrogen-bond acceptors (Lipinski definition) is 5. The minimum absolute atomic E-state index is 0.0206. The number of ether oxygens (including phenoxy) is 1. The van der Waals surface area contributed by atoms with E-state index in [0.29, 0.717) is 24.0 Å². The van der Waals surface area contributed by atoms with Gasteiger partial charge < -0.3 is 15.5 Å². The maximum atomic E-state index is 14.4. The van der Waals surface area contributed by atoms with Crippen LogP contribution in [0, 0.1) is 11.2 Å². The molecule has 11 heteroatoms. The highest BCUT2D eigenvalue weighted by Crippen LogP contribution is 2.35. The predicted octanol–water partition coefficient (Wildman–Crippen LogP) is 5.02. The van der Waals surface area contributed by atoms with Gasteiger partial charge in [-0.3, -0.25) is 4.57 Å². The Kier molecular flexibility index (Phi) is 8.87. The maximum Gasteiger partial charge on any atom is 0.417 e. The summed E-state index contributed by atoms with van der Waals surface area (Å²) in [4.78, 5) is 15.8. The SMILES string of the molecule is CN/C=C(\C=N)Cn1cc(F)c(OCCc2ccc(Cc3ccc(Cl)c(C(F)(F)F)c3)cc2)nc1=O. The molecule has 0 aliphatic rings. The Morgan fingerprint density at radius 3 is 2.47 bits per heavy atom. The van der Waals surface area contributed by atoms with Gasteiger partial charge in [-0.1, -0.05) is 41.9 Å². The fraction of sp³-hybridized carbons (Fsp3) is 0.240. The van der Waals surface area contributed by atoms with Crippen LogP contribution in [-0.4, -0.2) is 29.4 Å². The molecule has 1 aromatic heterocycles. The first-order valence-corrected chi connectivity index (χ1v) is 11.2. The van der Waals surface area contributed by atoms with Crippen LogP contribution in [0.15, 0.2) is 65.2 Å². The van der Waals surface area contributed by atoms with Crippen molar-refractivity contribution in [3.63, 3.8) is 0 Å². The van der Waals surface area contributed by atoms with E-state index in [1.165, 1.54) is 12.3 Å². The smallest absolute Gasteiger partial charge is 0.417 e. The highest BCUT2D eigenvalue weighted by atomic mass is 35.5. The highest BCUT2D eigenvalue weighted by molar-refractivity contribution is 6.31. The van der Waals surface area contributed by atoms with Crippen LogP contribution in [0.1, 0.15) is 22.3 Å². The largest absolute Gasteiger partial charge is 0.475 e. The number of hydrogen-bond donors (Lipinski definition) is 2. The summed E-state index contributed by atoms with van der Waals surface area (Å²) in [6, 6.07) is 11.0. The normalized spacial score (nSPS) is 11.9.